The van der Waals surface area contributed by atoms with Gasteiger partial charge in [0, 0.05) is 31.4 Å². The number of amides is 1. The van der Waals surface area contributed by atoms with Gasteiger partial charge in [-0.25, -0.2) is 0 Å². The van der Waals surface area contributed by atoms with Crippen molar-refractivity contribution < 1.29 is 14.7 Å². The van der Waals surface area contributed by atoms with Crippen LogP contribution in [-0.2, 0) is 16.0 Å². The van der Waals surface area contributed by atoms with Gasteiger partial charge in [-0.1, -0.05) is 48.5 Å². The summed E-state index contributed by atoms with van der Waals surface area (Å²) in [6.45, 7) is 2.89. The molecule has 30 heavy (non-hydrogen) atoms. The molecule has 3 rings (SSSR count). The number of likely N-dealkylation sites (tertiary alicyclic amines) is 1. The average Bonchev–Trinajstić information content (AvgIpc) is 2.74. The third-order valence-electron chi connectivity index (χ3n) is 5.60. The first-order valence-electron chi connectivity index (χ1n) is 10.6. The van der Waals surface area contributed by atoms with Gasteiger partial charge in [0.05, 0.1) is 13.1 Å². The Morgan fingerprint density at radius 3 is 2.17 bits per heavy atom. The summed E-state index contributed by atoms with van der Waals surface area (Å²) < 4.78 is 0. The van der Waals surface area contributed by atoms with Gasteiger partial charge in [0.15, 0.2) is 0 Å². The fraction of sp³-hybridized carbons (Fsp3) is 0.417. The molecule has 0 unspecified atom stereocenters. The summed E-state index contributed by atoms with van der Waals surface area (Å²) in [5.74, 6) is -0.976. The van der Waals surface area contributed by atoms with Crippen LogP contribution in [0.25, 0.3) is 0 Å². The van der Waals surface area contributed by atoms with E-state index in [2.05, 4.69) is 29.2 Å². The number of carboxylic acid groups (broad SMARTS) is 1. The van der Waals surface area contributed by atoms with E-state index in [1.165, 1.54) is 5.56 Å². The lowest BCUT2D eigenvalue weighted by Gasteiger charge is -2.39. The third-order valence-corrected chi connectivity index (χ3v) is 5.60. The maximum atomic E-state index is 13.1. The maximum absolute atomic E-state index is 13.1. The molecule has 1 aliphatic rings. The lowest BCUT2D eigenvalue weighted by atomic mass is 10.0. The Hall–Kier alpha value is -2.70. The number of anilines is 1. The monoisotopic (exact) mass is 409 g/mol. The van der Waals surface area contributed by atoms with E-state index in [4.69, 9.17) is 5.11 Å². The third kappa shape index (κ3) is 6.40. The highest BCUT2D eigenvalue weighted by Crippen LogP contribution is 2.24. The second-order valence-corrected chi connectivity index (χ2v) is 7.97. The van der Waals surface area contributed by atoms with E-state index in [1.54, 1.807) is 11.9 Å². The lowest BCUT2D eigenvalue weighted by molar-refractivity contribution is -0.138. The Labute approximate surface area is 178 Å². The average molecular weight is 410 g/mol. The lowest BCUT2D eigenvalue weighted by Crippen LogP contribution is -2.50. The predicted octanol–water partition coefficient (Wildman–Crippen LogP) is 2.74. The Morgan fingerprint density at radius 1 is 0.967 bits per heavy atom. The number of likely N-dealkylation sites (N-methyl/N-ethyl adjacent to an activating group) is 1. The number of aliphatic carboxylic acids is 1. The van der Waals surface area contributed by atoms with Crippen LogP contribution in [0.5, 0.6) is 0 Å². The van der Waals surface area contributed by atoms with Crippen molar-refractivity contribution in [3.63, 3.8) is 0 Å². The predicted molar refractivity (Wildman–Crippen MR) is 119 cm³/mol. The molecule has 1 fully saturated rings. The van der Waals surface area contributed by atoms with Crippen LogP contribution < -0.4 is 4.90 Å². The largest absolute Gasteiger partial charge is 0.480 e. The molecule has 0 saturated carbocycles. The molecule has 160 valence electrons. The van der Waals surface area contributed by atoms with Crippen molar-refractivity contribution in [2.75, 3.05) is 44.7 Å². The van der Waals surface area contributed by atoms with Crippen LogP contribution in [-0.4, -0.2) is 72.6 Å². The van der Waals surface area contributed by atoms with Gasteiger partial charge in [0.1, 0.15) is 0 Å². The Balaban J connectivity index is 1.60. The Kier molecular flexibility index (Phi) is 7.99. The van der Waals surface area contributed by atoms with E-state index in [0.29, 0.717) is 0 Å². The number of hydrogen-bond donors (Lipinski definition) is 1. The van der Waals surface area contributed by atoms with Crippen LogP contribution in [0.4, 0.5) is 5.69 Å². The first-order chi connectivity index (χ1) is 14.5. The van der Waals surface area contributed by atoms with Crippen LogP contribution in [0.1, 0.15) is 18.4 Å². The van der Waals surface area contributed by atoms with Gasteiger partial charge >= 0.3 is 5.97 Å². The number of para-hydroxylation sites is 1. The molecule has 0 spiro atoms. The van der Waals surface area contributed by atoms with Crippen molar-refractivity contribution in [2.45, 2.75) is 25.3 Å². The van der Waals surface area contributed by atoms with Gasteiger partial charge < -0.3 is 14.9 Å². The molecule has 0 aromatic heterocycles. The van der Waals surface area contributed by atoms with Gasteiger partial charge in [-0.2, -0.15) is 0 Å². The first kappa shape index (κ1) is 22.0. The van der Waals surface area contributed by atoms with E-state index in [-0.39, 0.29) is 25.0 Å². The standard InChI is InChI=1S/C24H31N3O3/c1-25(19-24(29)30)18-23(28)27(21-10-6-3-7-11-21)22-13-16-26(17-14-22)15-12-20-8-4-2-5-9-20/h2-11,22H,12-19H2,1H3,(H,29,30). The zero-order valence-corrected chi connectivity index (χ0v) is 17.6. The number of carbonyl (C=O) groups is 2. The number of rotatable bonds is 9. The second kappa shape index (κ2) is 10.9. The molecular weight excluding hydrogens is 378 g/mol. The summed E-state index contributed by atoms with van der Waals surface area (Å²) in [4.78, 5) is 30.0. The van der Waals surface area contributed by atoms with E-state index >= 15 is 0 Å². The van der Waals surface area contributed by atoms with Crippen molar-refractivity contribution >= 4 is 17.6 Å². The van der Waals surface area contributed by atoms with Crippen LogP contribution in [0, 0.1) is 0 Å². The molecule has 1 heterocycles. The first-order valence-corrected chi connectivity index (χ1v) is 10.6. The SMILES string of the molecule is CN(CC(=O)O)CC(=O)N(c1ccccc1)C1CCN(CCc2ccccc2)CC1. The molecule has 2 aromatic carbocycles. The van der Waals surface area contributed by atoms with Gasteiger partial charge in [-0.15, -0.1) is 0 Å². The number of nitrogens with zero attached hydrogens (tertiary/aromatic N) is 3. The number of carboxylic acids is 1. The number of hydrogen-bond acceptors (Lipinski definition) is 4. The number of benzene rings is 2. The van der Waals surface area contributed by atoms with Gasteiger partial charge in [0.2, 0.25) is 5.91 Å². The van der Waals surface area contributed by atoms with Gasteiger partial charge in [-0.05, 0) is 44.0 Å². The highest BCUT2D eigenvalue weighted by molar-refractivity contribution is 5.95. The van der Waals surface area contributed by atoms with Crippen molar-refractivity contribution in [1.82, 2.24) is 9.80 Å². The van der Waals surface area contributed by atoms with Crippen LogP contribution >= 0.6 is 0 Å². The summed E-state index contributed by atoms with van der Waals surface area (Å²) in [5.41, 5.74) is 2.23. The zero-order valence-electron chi connectivity index (χ0n) is 17.6. The smallest absolute Gasteiger partial charge is 0.317 e. The minimum atomic E-state index is -0.928. The maximum Gasteiger partial charge on any atom is 0.317 e. The molecule has 2 aromatic rings. The normalized spacial score (nSPS) is 15.3. The summed E-state index contributed by atoms with van der Waals surface area (Å²) in [6.07, 6.45) is 2.86. The van der Waals surface area contributed by atoms with Crippen LogP contribution in [0.15, 0.2) is 60.7 Å². The Bertz CT molecular complexity index is 805. The summed E-state index contributed by atoms with van der Waals surface area (Å²) in [6, 6.07) is 20.4. The minimum Gasteiger partial charge on any atom is -0.480 e. The fourth-order valence-electron chi connectivity index (χ4n) is 4.07. The second-order valence-electron chi connectivity index (χ2n) is 7.97. The molecular formula is C24H31N3O3. The van der Waals surface area contributed by atoms with Gasteiger partial charge in [0.25, 0.3) is 0 Å². The molecule has 1 aliphatic heterocycles. The molecule has 0 aliphatic carbocycles. The van der Waals surface area contributed by atoms with Crippen molar-refractivity contribution in [3.05, 3.63) is 66.2 Å². The Morgan fingerprint density at radius 2 is 1.57 bits per heavy atom. The summed E-state index contributed by atoms with van der Waals surface area (Å²) in [5, 5.41) is 8.99. The molecule has 0 radical (unpaired) electrons. The van der Waals surface area contributed by atoms with E-state index in [1.807, 2.05) is 41.3 Å². The topological polar surface area (TPSA) is 64.1 Å². The van der Waals surface area contributed by atoms with E-state index in [0.717, 1.165) is 44.6 Å². The van der Waals surface area contributed by atoms with Crippen molar-refractivity contribution in [1.29, 1.82) is 0 Å². The minimum absolute atomic E-state index is 0.0484. The molecule has 0 bridgehead atoms. The van der Waals surface area contributed by atoms with Crippen LogP contribution in [0.2, 0.25) is 0 Å². The van der Waals surface area contributed by atoms with Crippen LogP contribution in [0.3, 0.4) is 0 Å². The molecule has 6 heteroatoms. The molecule has 1 amide bonds. The molecule has 1 N–H and O–H groups in total. The molecule has 1 saturated heterocycles. The summed E-state index contributed by atoms with van der Waals surface area (Å²) >= 11 is 0. The van der Waals surface area contributed by atoms with E-state index in [9.17, 15) is 9.59 Å². The van der Waals surface area contributed by atoms with Gasteiger partial charge in [-0.3, -0.25) is 14.5 Å². The number of carbonyl (C=O) groups excluding carboxylic acids is 1. The number of piperidine rings is 1. The fourth-order valence-corrected chi connectivity index (χ4v) is 4.07. The quantitative estimate of drug-likeness (QED) is 0.690. The molecule has 0 atom stereocenters. The zero-order chi connectivity index (χ0) is 21.3. The highest BCUT2D eigenvalue weighted by Gasteiger charge is 2.29. The molecule has 6 nitrogen and oxygen atoms in total. The summed E-state index contributed by atoms with van der Waals surface area (Å²) in [7, 11) is 1.67. The van der Waals surface area contributed by atoms with Crippen molar-refractivity contribution in [3.8, 4) is 0 Å². The van der Waals surface area contributed by atoms with E-state index < -0.39 is 5.97 Å². The highest BCUT2D eigenvalue weighted by atomic mass is 16.4. The van der Waals surface area contributed by atoms with Crippen molar-refractivity contribution in [2.24, 2.45) is 0 Å².